The second kappa shape index (κ2) is 7.50. The summed E-state index contributed by atoms with van der Waals surface area (Å²) in [5.74, 6) is 0.878. The molecule has 1 unspecified atom stereocenters. The molecule has 2 aromatic rings. The number of carbonyl (C=O) groups is 1. The second-order valence-corrected chi connectivity index (χ2v) is 7.71. The zero-order chi connectivity index (χ0) is 18.7. The lowest BCUT2D eigenvalue weighted by molar-refractivity contribution is -0.0228. The van der Waals surface area contributed by atoms with E-state index in [1.807, 2.05) is 41.3 Å². The number of ether oxygens (including phenoxy) is 2. The van der Waals surface area contributed by atoms with Crippen molar-refractivity contribution in [3.05, 3.63) is 65.2 Å². The quantitative estimate of drug-likeness (QED) is 0.830. The fourth-order valence-corrected chi connectivity index (χ4v) is 3.15. The van der Waals surface area contributed by atoms with Gasteiger partial charge in [0, 0.05) is 12.1 Å². The Morgan fingerprint density at radius 3 is 2.31 bits per heavy atom. The molecule has 1 amide bonds. The van der Waals surface area contributed by atoms with Gasteiger partial charge >= 0.3 is 0 Å². The van der Waals surface area contributed by atoms with Crippen LogP contribution in [0.2, 0.25) is 0 Å². The Balaban J connectivity index is 1.71. The average molecular weight is 353 g/mol. The van der Waals surface area contributed by atoms with E-state index in [9.17, 15) is 4.79 Å². The molecular formula is C22H27NO3. The van der Waals surface area contributed by atoms with Crippen LogP contribution in [0.3, 0.4) is 0 Å². The molecule has 0 radical (unpaired) electrons. The largest absolute Gasteiger partial charge is 0.497 e. The van der Waals surface area contributed by atoms with Gasteiger partial charge in [-0.15, -0.1) is 0 Å². The van der Waals surface area contributed by atoms with E-state index in [-0.39, 0.29) is 17.4 Å². The van der Waals surface area contributed by atoms with Gasteiger partial charge in [-0.2, -0.15) is 0 Å². The van der Waals surface area contributed by atoms with Crippen LogP contribution < -0.4 is 4.74 Å². The Labute approximate surface area is 155 Å². The van der Waals surface area contributed by atoms with Crippen molar-refractivity contribution in [2.75, 3.05) is 26.8 Å². The van der Waals surface area contributed by atoms with Crippen LogP contribution in [0.25, 0.3) is 0 Å². The number of carbonyl (C=O) groups excluding carboxylic acids is 1. The zero-order valence-corrected chi connectivity index (χ0v) is 16.0. The van der Waals surface area contributed by atoms with Crippen LogP contribution in [0.1, 0.15) is 48.4 Å². The van der Waals surface area contributed by atoms with E-state index < -0.39 is 0 Å². The fraction of sp³-hybridized carbons (Fsp3) is 0.409. The van der Waals surface area contributed by atoms with E-state index in [1.165, 1.54) is 5.56 Å². The number of morpholine rings is 1. The summed E-state index contributed by atoms with van der Waals surface area (Å²) in [6, 6.07) is 15.8. The molecule has 0 saturated carbocycles. The highest BCUT2D eigenvalue weighted by Gasteiger charge is 2.26. The maximum absolute atomic E-state index is 12.9. The Morgan fingerprint density at radius 1 is 1.08 bits per heavy atom. The number of rotatable bonds is 3. The predicted octanol–water partition coefficient (Wildman–Crippen LogP) is 4.21. The molecule has 1 fully saturated rings. The lowest BCUT2D eigenvalue weighted by Crippen LogP contribution is -2.42. The summed E-state index contributed by atoms with van der Waals surface area (Å²) in [6.45, 7) is 8.24. The molecular weight excluding hydrogens is 326 g/mol. The minimum Gasteiger partial charge on any atom is -0.497 e. The van der Waals surface area contributed by atoms with Crippen molar-refractivity contribution in [2.45, 2.75) is 32.3 Å². The number of methoxy groups -OCH3 is 1. The molecule has 138 valence electrons. The number of hydrogen-bond donors (Lipinski definition) is 0. The molecule has 1 aliphatic heterocycles. The van der Waals surface area contributed by atoms with Crippen molar-refractivity contribution in [1.82, 2.24) is 4.90 Å². The normalized spacial score (nSPS) is 17.8. The van der Waals surface area contributed by atoms with Crippen LogP contribution in [-0.4, -0.2) is 37.6 Å². The first-order chi connectivity index (χ1) is 12.4. The molecule has 1 atom stereocenters. The van der Waals surface area contributed by atoms with E-state index in [1.54, 1.807) is 7.11 Å². The van der Waals surface area contributed by atoms with Gasteiger partial charge in [-0.1, -0.05) is 45.0 Å². The predicted molar refractivity (Wildman–Crippen MR) is 103 cm³/mol. The third kappa shape index (κ3) is 4.07. The first-order valence-corrected chi connectivity index (χ1v) is 9.04. The van der Waals surface area contributed by atoms with Gasteiger partial charge in [0.1, 0.15) is 11.9 Å². The van der Waals surface area contributed by atoms with E-state index in [0.717, 1.165) is 16.9 Å². The van der Waals surface area contributed by atoms with Crippen LogP contribution in [0, 0.1) is 0 Å². The van der Waals surface area contributed by atoms with Crippen molar-refractivity contribution < 1.29 is 14.3 Å². The van der Waals surface area contributed by atoms with Crippen LogP contribution in [0.5, 0.6) is 5.75 Å². The minimum absolute atomic E-state index is 0.0623. The van der Waals surface area contributed by atoms with E-state index in [4.69, 9.17) is 9.47 Å². The number of hydrogen-bond acceptors (Lipinski definition) is 3. The Hall–Kier alpha value is -2.33. The second-order valence-electron chi connectivity index (χ2n) is 7.71. The van der Waals surface area contributed by atoms with Crippen LogP contribution >= 0.6 is 0 Å². The molecule has 1 aliphatic rings. The molecule has 0 spiro atoms. The first-order valence-electron chi connectivity index (χ1n) is 9.04. The van der Waals surface area contributed by atoms with E-state index >= 15 is 0 Å². The van der Waals surface area contributed by atoms with Crippen molar-refractivity contribution in [1.29, 1.82) is 0 Å². The molecule has 4 nitrogen and oxygen atoms in total. The lowest BCUT2D eigenvalue weighted by atomic mass is 9.86. The first kappa shape index (κ1) is 18.5. The van der Waals surface area contributed by atoms with Gasteiger partial charge in [-0.25, -0.2) is 0 Å². The van der Waals surface area contributed by atoms with Crippen molar-refractivity contribution in [3.8, 4) is 5.75 Å². The zero-order valence-electron chi connectivity index (χ0n) is 16.0. The maximum atomic E-state index is 12.9. The smallest absolute Gasteiger partial charge is 0.254 e. The Morgan fingerprint density at radius 2 is 1.73 bits per heavy atom. The van der Waals surface area contributed by atoms with Gasteiger partial charge in [0.2, 0.25) is 0 Å². The van der Waals surface area contributed by atoms with Gasteiger partial charge in [0.15, 0.2) is 0 Å². The van der Waals surface area contributed by atoms with Crippen LogP contribution in [0.15, 0.2) is 48.5 Å². The lowest BCUT2D eigenvalue weighted by Gasteiger charge is -2.33. The van der Waals surface area contributed by atoms with E-state index in [2.05, 4.69) is 32.9 Å². The van der Waals surface area contributed by atoms with Gasteiger partial charge in [-0.05, 0) is 40.8 Å². The van der Waals surface area contributed by atoms with Gasteiger partial charge < -0.3 is 14.4 Å². The topological polar surface area (TPSA) is 38.8 Å². The highest BCUT2D eigenvalue weighted by atomic mass is 16.5. The molecule has 0 aromatic heterocycles. The van der Waals surface area contributed by atoms with Gasteiger partial charge in [0.25, 0.3) is 5.91 Å². The van der Waals surface area contributed by atoms with Crippen molar-refractivity contribution in [3.63, 3.8) is 0 Å². The van der Waals surface area contributed by atoms with Crippen molar-refractivity contribution >= 4 is 5.91 Å². The summed E-state index contributed by atoms with van der Waals surface area (Å²) in [6.07, 6.45) is -0.104. The van der Waals surface area contributed by atoms with Crippen LogP contribution in [0.4, 0.5) is 0 Å². The summed E-state index contributed by atoms with van der Waals surface area (Å²) in [5.41, 5.74) is 3.10. The molecule has 2 aromatic carbocycles. The fourth-order valence-electron chi connectivity index (χ4n) is 3.15. The summed E-state index contributed by atoms with van der Waals surface area (Å²) in [7, 11) is 1.65. The number of amides is 1. The highest BCUT2D eigenvalue weighted by molar-refractivity contribution is 5.94. The number of nitrogens with zero attached hydrogens (tertiary/aromatic N) is 1. The maximum Gasteiger partial charge on any atom is 0.254 e. The molecule has 1 heterocycles. The molecule has 1 saturated heterocycles. The third-order valence-corrected chi connectivity index (χ3v) is 4.84. The standard InChI is InChI=1S/C22H27NO3/c1-22(2,3)18-9-5-17(6-10-18)21(24)23-13-14-26-20(15-23)16-7-11-19(25-4)12-8-16/h5-12,20H,13-15H2,1-4H3. The molecule has 4 heteroatoms. The SMILES string of the molecule is COc1ccc(C2CN(C(=O)c3ccc(C(C)(C)C)cc3)CCO2)cc1. The molecule has 0 N–H and O–H groups in total. The summed E-state index contributed by atoms with van der Waals surface area (Å²) >= 11 is 0. The molecule has 0 aliphatic carbocycles. The molecule has 26 heavy (non-hydrogen) atoms. The van der Waals surface area contributed by atoms with Gasteiger partial charge in [0.05, 0.1) is 20.3 Å². The Bertz CT molecular complexity index is 744. The average Bonchev–Trinajstić information content (AvgIpc) is 2.67. The summed E-state index contributed by atoms with van der Waals surface area (Å²) < 4.78 is 11.1. The van der Waals surface area contributed by atoms with Crippen molar-refractivity contribution in [2.24, 2.45) is 0 Å². The third-order valence-electron chi connectivity index (χ3n) is 4.84. The molecule has 3 rings (SSSR count). The monoisotopic (exact) mass is 353 g/mol. The van der Waals surface area contributed by atoms with E-state index in [0.29, 0.717) is 19.7 Å². The highest BCUT2D eigenvalue weighted by Crippen LogP contribution is 2.26. The minimum atomic E-state index is -0.104. The summed E-state index contributed by atoms with van der Waals surface area (Å²) in [4.78, 5) is 14.8. The van der Waals surface area contributed by atoms with Gasteiger partial charge in [-0.3, -0.25) is 4.79 Å². The molecule has 0 bridgehead atoms. The Kier molecular flexibility index (Phi) is 5.33. The number of benzene rings is 2. The summed E-state index contributed by atoms with van der Waals surface area (Å²) in [5, 5.41) is 0. The van der Waals surface area contributed by atoms with Crippen LogP contribution in [-0.2, 0) is 10.2 Å².